The van der Waals surface area contributed by atoms with Crippen LogP contribution in [-0.4, -0.2) is 33.7 Å². The van der Waals surface area contributed by atoms with Crippen LogP contribution in [-0.2, 0) is 5.91 Å². The molecular weight excluding hydrogens is 474 g/mol. The second kappa shape index (κ2) is 11.4. The predicted octanol–water partition coefficient (Wildman–Crippen LogP) is 6.87. The van der Waals surface area contributed by atoms with Crippen molar-refractivity contribution < 1.29 is 19.7 Å². The van der Waals surface area contributed by atoms with Crippen molar-refractivity contribution in [3.8, 4) is 16.9 Å². The number of carbonyl (C=O) groups is 1. The molecule has 38 heavy (non-hydrogen) atoms. The standard InChI is InChI=1S/C33H35NO4/c1-2-3-4-9-23-38-31-16-8-7-15-30(31)33(36,37)34(27-21-22-27)32(35)26-19-17-25(18-20-26)29-14-10-12-24-11-5-6-13-28(24)29/h5-8,10-20,27,36-37H,2-4,9,21-23H2,1H3. The van der Waals surface area contributed by atoms with Crippen LogP contribution >= 0.6 is 0 Å². The second-order valence-corrected chi connectivity index (χ2v) is 10.1. The summed E-state index contributed by atoms with van der Waals surface area (Å²) in [5.74, 6) is -2.52. The molecule has 0 aromatic heterocycles. The number of benzene rings is 4. The normalized spacial score (nSPS) is 13.4. The molecule has 196 valence electrons. The third-order valence-corrected chi connectivity index (χ3v) is 7.20. The third-order valence-electron chi connectivity index (χ3n) is 7.20. The monoisotopic (exact) mass is 509 g/mol. The molecule has 0 heterocycles. The van der Waals surface area contributed by atoms with Gasteiger partial charge in [0, 0.05) is 11.6 Å². The molecule has 0 atom stereocenters. The first kappa shape index (κ1) is 26.0. The van der Waals surface area contributed by atoms with Crippen molar-refractivity contribution in [3.63, 3.8) is 0 Å². The van der Waals surface area contributed by atoms with Gasteiger partial charge in [0.2, 0.25) is 0 Å². The summed E-state index contributed by atoms with van der Waals surface area (Å²) in [5, 5.41) is 25.2. The lowest BCUT2D eigenvalue weighted by Gasteiger charge is -2.36. The van der Waals surface area contributed by atoms with Gasteiger partial charge in [0.1, 0.15) is 5.75 Å². The van der Waals surface area contributed by atoms with Crippen LogP contribution < -0.4 is 4.74 Å². The number of unbranched alkanes of at least 4 members (excludes halogenated alkanes) is 3. The highest BCUT2D eigenvalue weighted by Gasteiger charge is 2.48. The Labute approximate surface area is 224 Å². The average molecular weight is 510 g/mol. The maximum Gasteiger partial charge on any atom is 0.281 e. The first-order valence-electron chi connectivity index (χ1n) is 13.6. The zero-order valence-corrected chi connectivity index (χ0v) is 21.8. The highest BCUT2D eigenvalue weighted by Crippen LogP contribution is 2.40. The molecule has 0 aliphatic heterocycles. The lowest BCUT2D eigenvalue weighted by atomic mass is 9.97. The topological polar surface area (TPSA) is 70.0 Å². The smallest absolute Gasteiger partial charge is 0.281 e. The molecular formula is C33H35NO4. The van der Waals surface area contributed by atoms with Crippen LogP contribution in [0, 0.1) is 0 Å². The Hall–Kier alpha value is -3.67. The summed E-state index contributed by atoms with van der Waals surface area (Å²) in [7, 11) is 0. The summed E-state index contributed by atoms with van der Waals surface area (Å²) in [4.78, 5) is 14.9. The Bertz CT molecular complexity index is 1390. The van der Waals surface area contributed by atoms with Crippen LogP contribution in [0.2, 0.25) is 0 Å². The lowest BCUT2D eigenvalue weighted by Crippen LogP contribution is -2.51. The number of hydrogen-bond donors (Lipinski definition) is 2. The fourth-order valence-electron chi connectivity index (χ4n) is 5.01. The summed E-state index contributed by atoms with van der Waals surface area (Å²) >= 11 is 0. The van der Waals surface area contributed by atoms with Crippen molar-refractivity contribution in [2.24, 2.45) is 0 Å². The summed E-state index contributed by atoms with van der Waals surface area (Å²) < 4.78 is 5.95. The summed E-state index contributed by atoms with van der Waals surface area (Å²) in [6, 6.07) is 28.4. The first-order valence-corrected chi connectivity index (χ1v) is 13.6. The highest BCUT2D eigenvalue weighted by molar-refractivity contribution is 5.98. The second-order valence-electron chi connectivity index (χ2n) is 10.1. The number of ether oxygens (including phenoxy) is 1. The molecule has 0 radical (unpaired) electrons. The van der Waals surface area contributed by atoms with Crippen LogP contribution in [0.5, 0.6) is 5.75 Å². The van der Waals surface area contributed by atoms with Crippen molar-refractivity contribution in [1.29, 1.82) is 0 Å². The van der Waals surface area contributed by atoms with Crippen LogP contribution in [0.3, 0.4) is 0 Å². The van der Waals surface area contributed by atoms with E-state index in [0.29, 0.717) is 17.9 Å². The maximum absolute atomic E-state index is 13.7. The minimum atomic E-state index is -2.49. The minimum Gasteiger partial charge on any atom is -0.493 e. The Morgan fingerprint density at radius 3 is 2.34 bits per heavy atom. The van der Waals surface area contributed by atoms with Gasteiger partial charge in [-0.05, 0) is 65.4 Å². The lowest BCUT2D eigenvalue weighted by molar-refractivity contribution is -0.259. The van der Waals surface area contributed by atoms with E-state index >= 15 is 0 Å². The fourth-order valence-corrected chi connectivity index (χ4v) is 5.01. The van der Waals surface area contributed by atoms with Gasteiger partial charge in [-0.15, -0.1) is 0 Å². The number of nitrogens with zero attached hydrogens (tertiary/aromatic N) is 1. The van der Waals surface area contributed by atoms with Gasteiger partial charge in [0.15, 0.2) is 0 Å². The maximum atomic E-state index is 13.7. The summed E-state index contributed by atoms with van der Waals surface area (Å²) in [6.07, 6.45) is 5.67. The van der Waals surface area contributed by atoms with Gasteiger partial charge in [-0.3, -0.25) is 9.69 Å². The molecule has 0 bridgehead atoms. The van der Waals surface area contributed by atoms with E-state index in [1.807, 2.05) is 30.3 Å². The van der Waals surface area contributed by atoms with E-state index in [4.69, 9.17) is 4.74 Å². The van der Waals surface area contributed by atoms with Crippen molar-refractivity contribution >= 4 is 16.7 Å². The highest BCUT2D eigenvalue weighted by atomic mass is 16.5. The van der Waals surface area contributed by atoms with Gasteiger partial charge in [-0.1, -0.05) is 92.9 Å². The molecule has 1 aliphatic carbocycles. The Kier molecular flexibility index (Phi) is 7.77. The SMILES string of the molecule is CCCCCCOc1ccccc1C(O)(O)N(C(=O)c1ccc(-c2cccc3ccccc23)cc1)C1CC1. The minimum absolute atomic E-state index is 0.183. The van der Waals surface area contributed by atoms with Crippen molar-refractivity contribution in [2.75, 3.05) is 6.61 Å². The molecule has 1 fully saturated rings. The molecule has 1 aliphatic rings. The molecule has 0 unspecified atom stereocenters. The molecule has 0 spiro atoms. The van der Waals surface area contributed by atoms with E-state index in [-0.39, 0.29) is 11.6 Å². The fraction of sp³-hybridized carbons (Fsp3) is 0.303. The number of hydrogen-bond acceptors (Lipinski definition) is 4. The number of fused-ring (bicyclic) bond motifs is 1. The predicted molar refractivity (Wildman–Crippen MR) is 151 cm³/mol. The quantitative estimate of drug-likeness (QED) is 0.171. The van der Waals surface area contributed by atoms with E-state index in [2.05, 4.69) is 31.2 Å². The van der Waals surface area contributed by atoms with Crippen molar-refractivity contribution in [3.05, 3.63) is 102 Å². The van der Waals surface area contributed by atoms with E-state index in [1.54, 1.807) is 36.4 Å². The molecule has 5 heteroatoms. The molecule has 4 aromatic rings. The first-order chi connectivity index (χ1) is 18.5. The van der Waals surface area contributed by atoms with Crippen LogP contribution in [0.4, 0.5) is 0 Å². The van der Waals surface area contributed by atoms with E-state index in [0.717, 1.165) is 60.4 Å². The van der Waals surface area contributed by atoms with Gasteiger partial charge in [-0.25, -0.2) is 0 Å². The van der Waals surface area contributed by atoms with Gasteiger partial charge in [-0.2, -0.15) is 0 Å². The summed E-state index contributed by atoms with van der Waals surface area (Å²) in [5.41, 5.74) is 2.68. The van der Waals surface area contributed by atoms with E-state index < -0.39 is 11.8 Å². The van der Waals surface area contributed by atoms with Crippen LogP contribution in [0.25, 0.3) is 21.9 Å². The molecule has 0 saturated heterocycles. The van der Waals surface area contributed by atoms with Gasteiger partial charge in [0.25, 0.3) is 11.8 Å². The third kappa shape index (κ3) is 5.45. The summed E-state index contributed by atoms with van der Waals surface area (Å²) in [6.45, 7) is 2.64. The molecule has 1 saturated carbocycles. The molecule has 5 nitrogen and oxygen atoms in total. The van der Waals surface area contributed by atoms with Crippen molar-refractivity contribution in [1.82, 2.24) is 4.90 Å². The number of aliphatic hydroxyl groups is 2. The Balaban J connectivity index is 1.40. The number of para-hydroxylation sites is 1. The number of amides is 1. The van der Waals surface area contributed by atoms with Crippen LogP contribution in [0.15, 0.2) is 91.0 Å². The number of rotatable bonds is 11. The van der Waals surface area contributed by atoms with E-state index in [9.17, 15) is 15.0 Å². The number of carbonyl (C=O) groups excluding carboxylic acids is 1. The van der Waals surface area contributed by atoms with E-state index in [1.165, 1.54) is 4.90 Å². The van der Waals surface area contributed by atoms with Gasteiger partial charge < -0.3 is 14.9 Å². The van der Waals surface area contributed by atoms with Crippen molar-refractivity contribution in [2.45, 2.75) is 57.4 Å². The molecule has 2 N–H and O–H groups in total. The average Bonchev–Trinajstić information content (AvgIpc) is 3.78. The van der Waals surface area contributed by atoms with Crippen LogP contribution in [0.1, 0.15) is 61.4 Å². The zero-order valence-electron chi connectivity index (χ0n) is 21.8. The molecule has 1 amide bonds. The molecule has 5 rings (SSSR count). The zero-order chi connectivity index (χ0) is 26.5. The Morgan fingerprint density at radius 1 is 0.868 bits per heavy atom. The molecule has 4 aromatic carbocycles. The Morgan fingerprint density at radius 2 is 1.58 bits per heavy atom. The van der Waals surface area contributed by atoms with Gasteiger partial charge in [0.05, 0.1) is 12.2 Å². The van der Waals surface area contributed by atoms with Gasteiger partial charge >= 0.3 is 0 Å². The largest absolute Gasteiger partial charge is 0.493 e.